The van der Waals surface area contributed by atoms with Crippen LogP contribution in [0.25, 0.3) is 0 Å². The van der Waals surface area contributed by atoms with Crippen LogP contribution in [0.15, 0.2) is 24.3 Å². The van der Waals surface area contributed by atoms with E-state index < -0.39 is 5.91 Å². The lowest BCUT2D eigenvalue weighted by Crippen LogP contribution is -2.44. The molecule has 92 valence electrons. The van der Waals surface area contributed by atoms with Gasteiger partial charge in [-0.25, -0.2) is 0 Å². The molecular weight excluding hydrogens is 214 g/mol. The summed E-state index contributed by atoms with van der Waals surface area (Å²) in [5.41, 5.74) is 12.5. The zero-order valence-electron chi connectivity index (χ0n) is 10.1. The highest BCUT2D eigenvalue weighted by atomic mass is 16.1. The Morgan fingerprint density at radius 2 is 2.00 bits per heavy atom. The van der Waals surface area contributed by atoms with Gasteiger partial charge in [0.1, 0.15) is 0 Å². The smallest absolute Gasteiger partial charge is 0.248 e. The second-order valence-corrected chi connectivity index (χ2v) is 4.96. The average Bonchev–Trinajstić information content (AvgIpc) is 3.13. The van der Waals surface area contributed by atoms with Crippen molar-refractivity contribution >= 4 is 11.6 Å². The van der Waals surface area contributed by atoms with Gasteiger partial charge in [-0.1, -0.05) is 0 Å². The van der Waals surface area contributed by atoms with E-state index in [0.29, 0.717) is 18.0 Å². The number of hydrogen-bond acceptors (Lipinski definition) is 3. The van der Waals surface area contributed by atoms with E-state index in [-0.39, 0.29) is 5.54 Å². The topological polar surface area (TPSA) is 81.1 Å². The molecule has 0 saturated heterocycles. The molecule has 0 bridgehead atoms. The summed E-state index contributed by atoms with van der Waals surface area (Å²) in [5, 5.41) is 3.46. The van der Waals surface area contributed by atoms with Gasteiger partial charge in [-0.2, -0.15) is 0 Å². The van der Waals surface area contributed by atoms with Crippen molar-refractivity contribution in [1.29, 1.82) is 0 Å². The van der Waals surface area contributed by atoms with Gasteiger partial charge >= 0.3 is 0 Å². The maximum absolute atomic E-state index is 11.0. The van der Waals surface area contributed by atoms with E-state index in [0.717, 1.165) is 5.69 Å². The van der Waals surface area contributed by atoms with Crippen LogP contribution < -0.4 is 16.8 Å². The molecule has 0 radical (unpaired) electrons. The molecule has 1 fully saturated rings. The molecule has 0 aromatic heterocycles. The SMILES string of the molecule is CC(CN)(Nc1ccc(C(N)=O)cc1)C1CC1. The lowest BCUT2D eigenvalue weighted by molar-refractivity contribution is 0.100. The van der Waals surface area contributed by atoms with Crippen LogP contribution in [0.1, 0.15) is 30.1 Å². The summed E-state index contributed by atoms with van der Waals surface area (Å²) in [6.07, 6.45) is 2.47. The number of anilines is 1. The summed E-state index contributed by atoms with van der Waals surface area (Å²) >= 11 is 0. The highest BCUT2D eigenvalue weighted by Crippen LogP contribution is 2.40. The molecule has 1 atom stereocenters. The third-order valence-corrected chi connectivity index (χ3v) is 3.50. The van der Waals surface area contributed by atoms with E-state index >= 15 is 0 Å². The molecule has 0 heterocycles. The van der Waals surface area contributed by atoms with E-state index in [4.69, 9.17) is 11.5 Å². The molecular formula is C13H19N3O. The molecule has 1 aliphatic rings. The van der Waals surface area contributed by atoms with Gasteiger partial charge in [-0.3, -0.25) is 4.79 Å². The minimum absolute atomic E-state index is 0.0474. The Morgan fingerprint density at radius 3 is 2.41 bits per heavy atom. The molecule has 5 N–H and O–H groups in total. The zero-order chi connectivity index (χ0) is 12.5. The van der Waals surface area contributed by atoms with Crippen LogP contribution in [0.4, 0.5) is 5.69 Å². The number of hydrogen-bond donors (Lipinski definition) is 3. The highest BCUT2D eigenvalue weighted by molar-refractivity contribution is 5.93. The molecule has 2 rings (SSSR count). The minimum atomic E-state index is -0.402. The van der Waals surface area contributed by atoms with Gasteiger partial charge in [0.15, 0.2) is 0 Å². The summed E-state index contributed by atoms with van der Waals surface area (Å²) in [6, 6.07) is 7.20. The van der Waals surface area contributed by atoms with E-state index in [9.17, 15) is 4.79 Å². The number of rotatable bonds is 5. The number of nitrogens with two attached hydrogens (primary N) is 2. The van der Waals surface area contributed by atoms with Crippen LogP contribution in [0.5, 0.6) is 0 Å². The van der Waals surface area contributed by atoms with Crippen molar-refractivity contribution in [2.45, 2.75) is 25.3 Å². The van der Waals surface area contributed by atoms with Crippen molar-refractivity contribution in [2.24, 2.45) is 17.4 Å². The Hall–Kier alpha value is -1.55. The first-order valence-corrected chi connectivity index (χ1v) is 5.93. The summed E-state index contributed by atoms with van der Waals surface area (Å²) in [6.45, 7) is 2.75. The van der Waals surface area contributed by atoms with Crippen molar-refractivity contribution in [3.05, 3.63) is 29.8 Å². The summed E-state index contributed by atoms with van der Waals surface area (Å²) < 4.78 is 0. The Bertz CT molecular complexity index is 411. The Labute approximate surface area is 101 Å². The Kier molecular flexibility index (Phi) is 3.07. The summed E-state index contributed by atoms with van der Waals surface area (Å²) in [4.78, 5) is 11.0. The lowest BCUT2D eigenvalue weighted by Gasteiger charge is -2.30. The Morgan fingerprint density at radius 1 is 1.41 bits per heavy atom. The van der Waals surface area contributed by atoms with Crippen molar-refractivity contribution in [3.63, 3.8) is 0 Å². The van der Waals surface area contributed by atoms with E-state index in [1.807, 2.05) is 12.1 Å². The average molecular weight is 233 g/mol. The number of amides is 1. The second-order valence-electron chi connectivity index (χ2n) is 4.96. The number of carbonyl (C=O) groups is 1. The Balaban J connectivity index is 2.10. The molecule has 1 amide bonds. The van der Waals surface area contributed by atoms with E-state index in [2.05, 4.69) is 12.2 Å². The highest BCUT2D eigenvalue weighted by Gasteiger charge is 2.40. The molecule has 1 aromatic rings. The first-order valence-electron chi connectivity index (χ1n) is 5.93. The molecule has 0 aliphatic heterocycles. The van der Waals surface area contributed by atoms with Gasteiger partial charge in [-0.15, -0.1) is 0 Å². The van der Waals surface area contributed by atoms with E-state index in [1.54, 1.807) is 12.1 Å². The number of carbonyl (C=O) groups excluding carboxylic acids is 1. The minimum Gasteiger partial charge on any atom is -0.378 e. The zero-order valence-corrected chi connectivity index (χ0v) is 10.1. The molecule has 1 saturated carbocycles. The number of primary amides is 1. The molecule has 1 aromatic carbocycles. The van der Waals surface area contributed by atoms with Crippen molar-refractivity contribution in [1.82, 2.24) is 0 Å². The van der Waals surface area contributed by atoms with Crippen LogP contribution in [0.2, 0.25) is 0 Å². The molecule has 1 unspecified atom stereocenters. The number of benzene rings is 1. The van der Waals surface area contributed by atoms with Gasteiger partial charge in [0, 0.05) is 23.3 Å². The van der Waals surface area contributed by atoms with Crippen LogP contribution >= 0.6 is 0 Å². The fourth-order valence-electron chi connectivity index (χ4n) is 2.09. The molecule has 1 aliphatic carbocycles. The first-order chi connectivity index (χ1) is 8.05. The summed E-state index contributed by atoms with van der Waals surface area (Å²) in [5.74, 6) is 0.253. The third kappa shape index (κ3) is 2.58. The third-order valence-electron chi connectivity index (χ3n) is 3.50. The standard InChI is InChI=1S/C13H19N3O/c1-13(8-14,10-4-5-10)16-11-6-2-9(3-7-11)12(15)17/h2-3,6-7,10,16H,4-5,8,14H2,1H3,(H2,15,17). The fourth-order valence-corrected chi connectivity index (χ4v) is 2.09. The fraction of sp³-hybridized carbons (Fsp3) is 0.462. The second kappa shape index (κ2) is 4.37. The van der Waals surface area contributed by atoms with Crippen LogP contribution in [-0.4, -0.2) is 18.0 Å². The maximum atomic E-state index is 11.0. The molecule has 4 heteroatoms. The summed E-state index contributed by atoms with van der Waals surface area (Å²) in [7, 11) is 0. The molecule has 17 heavy (non-hydrogen) atoms. The van der Waals surface area contributed by atoms with Crippen LogP contribution in [-0.2, 0) is 0 Å². The van der Waals surface area contributed by atoms with Crippen molar-refractivity contribution in [2.75, 3.05) is 11.9 Å². The molecule has 4 nitrogen and oxygen atoms in total. The van der Waals surface area contributed by atoms with Crippen molar-refractivity contribution in [3.8, 4) is 0 Å². The quantitative estimate of drug-likeness (QED) is 0.717. The van der Waals surface area contributed by atoms with E-state index in [1.165, 1.54) is 12.8 Å². The first kappa shape index (κ1) is 11.9. The largest absolute Gasteiger partial charge is 0.378 e. The van der Waals surface area contributed by atoms with Crippen molar-refractivity contribution < 1.29 is 4.79 Å². The van der Waals surface area contributed by atoms with Gasteiger partial charge in [0.05, 0.1) is 0 Å². The van der Waals surface area contributed by atoms with Crippen LogP contribution in [0, 0.1) is 5.92 Å². The maximum Gasteiger partial charge on any atom is 0.248 e. The molecule has 0 spiro atoms. The van der Waals surface area contributed by atoms with Crippen LogP contribution in [0.3, 0.4) is 0 Å². The van der Waals surface area contributed by atoms with Gasteiger partial charge in [0.2, 0.25) is 5.91 Å². The van der Waals surface area contributed by atoms with Gasteiger partial charge < -0.3 is 16.8 Å². The predicted molar refractivity (Wildman–Crippen MR) is 68.8 cm³/mol. The monoisotopic (exact) mass is 233 g/mol. The number of nitrogens with one attached hydrogen (secondary N) is 1. The lowest BCUT2D eigenvalue weighted by atomic mass is 9.95. The predicted octanol–water partition coefficient (Wildman–Crippen LogP) is 1.32. The van der Waals surface area contributed by atoms with Gasteiger partial charge in [0.25, 0.3) is 0 Å². The van der Waals surface area contributed by atoms with Gasteiger partial charge in [-0.05, 0) is 49.9 Å². The normalized spacial score (nSPS) is 18.5.